The highest BCUT2D eigenvalue weighted by Crippen LogP contribution is 2.29. The van der Waals surface area contributed by atoms with Crippen LogP contribution in [-0.4, -0.2) is 14.3 Å². The maximum absolute atomic E-state index is 2.34. The van der Waals surface area contributed by atoms with Crippen molar-refractivity contribution in [3.05, 3.63) is 10.8 Å². The molecule has 0 saturated heterocycles. The van der Waals surface area contributed by atoms with Crippen LogP contribution in [0.1, 0.15) is 41.5 Å². The highest BCUT2D eigenvalue weighted by atomic mass is 28.2. The number of rotatable bonds is 3. The van der Waals surface area contributed by atoms with Crippen molar-refractivity contribution in [2.75, 3.05) is 0 Å². The van der Waals surface area contributed by atoms with Gasteiger partial charge in [-0.15, -0.1) is 0 Å². The SMILES string of the molecule is CC(C)C1=[SiH]C(C(C)C)=C1C(C)C. The predicted molar refractivity (Wildman–Crippen MR) is 63.7 cm³/mol. The quantitative estimate of drug-likeness (QED) is 0.606. The highest BCUT2D eigenvalue weighted by molar-refractivity contribution is 6.71. The molecule has 1 rings (SSSR count). The van der Waals surface area contributed by atoms with E-state index in [1.54, 1.807) is 15.9 Å². The molecule has 0 aromatic rings. The van der Waals surface area contributed by atoms with Crippen molar-refractivity contribution >= 4 is 14.3 Å². The van der Waals surface area contributed by atoms with Gasteiger partial charge < -0.3 is 0 Å². The van der Waals surface area contributed by atoms with Gasteiger partial charge in [-0.05, 0) is 23.3 Å². The zero-order valence-electron chi connectivity index (χ0n) is 9.81. The van der Waals surface area contributed by atoms with Gasteiger partial charge in [-0.25, -0.2) is 0 Å². The summed E-state index contributed by atoms with van der Waals surface area (Å²) in [7, 11) is 0.539. The summed E-state index contributed by atoms with van der Waals surface area (Å²) in [6.07, 6.45) is 0. The lowest BCUT2D eigenvalue weighted by Crippen LogP contribution is -2.32. The Labute approximate surface area is 84.9 Å². The van der Waals surface area contributed by atoms with Crippen LogP contribution in [-0.2, 0) is 0 Å². The minimum absolute atomic E-state index is 0.539. The molecule has 1 heteroatoms. The van der Waals surface area contributed by atoms with Gasteiger partial charge in [0.15, 0.2) is 0 Å². The fourth-order valence-electron chi connectivity index (χ4n) is 2.03. The summed E-state index contributed by atoms with van der Waals surface area (Å²) in [6, 6.07) is 0. The smallest absolute Gasteiger partial charge is 0.0294 e. The Morgan fingerprint density at radius 3 is 1.62 bits per heavy atom. The summed E-state index contributed by atoms with van der Waals surface area (Å²) >= 11 is 0. The van der Waals surface area contributed by atoms with Gasteiger partial charge in [-0.2, -0.15) is 0 Å². The molecule has 0 aromatic heterocycles. The molecule has 0 unspecified atom stereocenters. The third-order valence-electron chi connectivity index (χ3n) is 2.75. The van der Waals surface area contributed by atoms with E-state index < -0.39 is 0 Å². The molecule has 1 aliphatic heterocycles. The van der Waals surface area contributed by atoms with Gasteiger partial charge in [0.25, 0.3) is 0 Å². The molecule has 0 saturated carbocycles. The van der Waals surface area contributed by atoms with Crippen LogP contribution in [0, 0.1) is 17.8 Å². The van der Waals surface area contributed by atoms with Crippen molar-refractivity contribution in [1.82, 2.24) is 0 Å². The van der Waals surface area contributed by atoms with Gasteiger partial charge in [0.1, 0.15) is 0 Å². The molecular weight excluding hydrogens is 172 g/mol. The van der Waals surface area contributed by atoms with E-state index in [-0.39, 0.29) is 0 Å². The first kappa shape index (κ1) is 10.9. The molecular formula is C12H22Si. The van der Waals surface area contributed by atoms with E-state index in [0.29, 0.717) is 9.13 Å². The molecule has 0 radical (unpaired) electrons. The molecule has 0 aliphatic carbocycles. The third kappa shape index (κ3) is 2.01. The zero-order valence-corrected chi connectivity index (χ0v) is 11.0. The number of hydrogen-bond donors (Lipinski definition) is 0. The largest absolute Gasteiger partial charge is 0.0608 e. The molecule has 13 heavy (non-hydrogen) atoms. The van der Waals surface area contributed by atoms with Crippen LogP contribution in [0.2, 0.25) is 0 Å². The molecule has 0 N–H and O–H groups in total. The Hall–Kier alpha value is -0.173. The molecule has 0 fully saturated rings. The number of allylic oxidation sites excluding steroid dienone is 2. The zero-order chi connectivity index (χ0) is 10.2. The molecule has 74 valence electrons. The molecule has 0 amide bonds. The van der Waals surface area contributed by atoms with Crippen molar-refractivity contribution in [3.8, 4) is 0 Å². The number of hydrogen-bond acceptors (Lipinski definition) is 0. The van der Waals surface area contributed by atoms with Crippen LogP contribution >= 0.6 is 0 Å². The van der Waals surface area contributed by atoms with Gasteiger partial charge in [-0.3, -0.25) is 0 Å². The van der Waals surface area contributed by atoms with Crippen LogP contribution in [0.4, 0.5) is 0 Å². The molecule has 1 heterocycles. The Balaban J connectivity index is 2.85. The van der Waals surface area contributed by atoms with E-state index in [4.69, 9.17) is 0 Å². The first-order valence-electron chi connectivity index (χ1n) is 5.41. The summed E-state index contributed by atoms with van der Waals surface area (Å²) in [5.74, 6) is 2.32. The minimum Gasteiger partial charge on any atom is -0.0608 e. The monoisotopic (exact) mass is 194 g/mol. The van der Waals surface area contributed by atoms with Crippen molar-refractivity contribution < 1.29 is 0 Å². The second-order valence-electron chi connectivity index (χ2n) is 4.93. The lowest BCUT2D eigenvalue weighted by atomic mass is 9.90. The second kappa shape index (κ2) is 3.91. The average molecular weight is 194 g/mol. The van der Waals surface area contributed by atoms with Gasteiger partial charge in [0, 0.05) is 9.13 Å². The Morgan fingerprint density at radius 2 is 1.31 bits per heavy atom. The molecule has 0 spiro atoms. The van der Waals surface area contributed by atoms with E-state index in [0.717, 1.165) is 17.8 Å². The summed E-state index contributed by atoms with van der Waals surface area (Å²) in [6.45, 7) is 14.0. The molecule has 1 aliphatic rings. The van der Waals surface area contributed by atoms with Crippen molar-refractivity contribution in [3.63, 3.8) is 0 Å². The van der Waals surface area contributed by atoms with E-state index >= 15 is 0 Å². The summed E-state index contributed by atoms with van der Waals surface area (Å²) in [5.41, 5.74) is 1.72. The van der Waals surface area contributed by atoms with Crippen LogP contribution < -0.4 is 0 Å². The standard InChI is InChI=1S/C12H22Si/c1-7(2)10-11(8(3)4)13-12(10)9(5)6/h7-9,13H,1-6H3. The van der Waals surface area contributed by atoms with Crippen LogP contribution in [0.15, 0.2) is 10.8 Å². The summed E-state index contributed by atoms with van der Waals surface area (Å²) < 4.78 is 0. The van der Waals surface area contributed by atoms with Gasteiger partial charge in [-0.1, -0.05) is 51.9 Å². The average Bonchev–Trinajstić information content (AvgIpc) is 1.79. The fourth-order valence-corrected chi connectivity index (χ4v) is 4.11. The molecule has 0 atom stereocenters. The first-order valence-corrected chi connectivity index (χ1v) is 6.56. The topological polar surface area (TPSA) is 0 Å². The van der Waals surface area contributed by atoms with Gasteiger partial charge in [0.05, 0.1) is 0 Å². The summed E-state index contributed by atoms with van der Waals surface area (Å²) in [4.78, 5) is 0. The highest BCUT2D eigenvalue weighted by Gasteiger charge is 2.25. The van der Waals surface area contributed by atoms with E-state index in [9.17, 15) is 0 Å². The van der Waals surface area contributed by atoms with Crippen molar-refractivity contribution in [1.29, 1.82) is 0 Å². The van der Waals surface area contributed by atoms with Crippen molar-refractivity contribution in [2.45, 2.75) is 41.5 Å². The van der Waals surface area contributed by atoms with Crippen LogP contribution in [0.5, 0.6) is 0 Å². The van der Waals surface area contributed by atoms with Gasteiger partial charge in [0.2, 0.25) is 0 Å². The predicted octanol–water partition coefficient (Wildman–Crippen LogP) is 2.83. The summed E-state index contributed by atoms with van der Waals surface area (Å²) in [5, 5.41) is 3.58. The van der Waals surface area contributed by atoms with E-state index in [1.165, 1.54) is 0 Å². The van der Waals surface area contributed by atoms with Crippen molar-refractivity contribution in [2.24, 2.45) is 17.8 Å². The maximum atomic E-state index is 2.34. The third-order valence-corrected chi connectivity index (χ3v) is 5.33. The fraction of sp³-hybridized carbons (Fsp3) is 0.750. The molecule has 0 nitrogen and oxygen atoms in total. The Kier molecular flexibility index (Phi) is 3.28. The lowest BCUT2D eigenvalue weighted by molar-refractivity contribution is 0.725. The first-order chi connectivity index (χ1) is 5.95. The molecule has 0 aromatic carbocycles. The normalized spacial score (nSPS) is 17.2. The van der Waals surface area contributed by atoms with Crippen LogP contribution in [0.25, 0.3) is 0 Å². The van der Waals surface area contributed by atoms with Crippen LogP contribution in [0.3, 0.4) is 0 Å². The molecule has 0 bridgehead atoms. The lowest BCUT2D eigenvalue weighted by Gasteiger charge is -2.32. The van der Waals surface area contributed by atoms with E-state index in [2.05, 4.69) is 41.5 Å². The minimum atomic E-state index is 0.539. The van der Waals surface area contributed by atoms with E-state index in [1.807, 2.05) is 0 Å². The van der Waals surface area contributed by atoms with Gasteiger partial charge >= 0.3 is 0 Å². The second-order valence-corrected chi connectivity index (χ2v) is 6.47. The maximum Gasteiger partial charge on any atom is 0.0294 e. The Bertz CT molecular complexity index is 254. The Morgan fingerprint density at radius 1 is 0.769 bits per heavy atom.